The Kier molecular flexibility index (Phi) is 6.00. The molecule has 0 aliphatic carbocycles. The second-order valence-electron chi connectivity index (χ2n) is 3.95. The van der Waals surface area contributed by atoms with Crippen LogP contribution in [0.2, 0.25) is 0 Å². The topological polar surface area (TPSA) is 73.6 Å². The minimum Gasteiger partial charge on any atom is -0.497 e. The molecule has 0 unspecified atom stereocenters. The molecule has 1 amide bonds. The summed E-state index contributed by atoms with van der Waals surface area (Å²) in [5.74, 6) is 6.54. The van der Waals surface area contributed by atoms with Crippen LogP contribution in [-0.2, 0) is 11.2 Å². The summed E-state index contributed by atoms with van der Waals surface area (Å²) in [5, 5.41) is 0. The Balaban J connectivity index is 2.52. The van der Waals surface area contributed by atoms with E-state index in [9.17, 15) is 4.79 Å². The van der Waals surface area contributed by atoms with Gasteiger partial charge in [0.2, 0.25) is 5.91 Å². The van der Waals surface area contributed by atoms with Crippen LogP contribution in [0.25, 0.3) is 0 Å². The van der Waals surface area contributed by atoms with Crippen LogP contribution in [0.1, 0.15) is 24.8 Å². The first-order valence-corrected chi connectivity index (χ1v) is 5.91. The second kappa shape index (κ2) is 7.55. The summed E-state index contributed by atoms with van der Waals surface area (Å²) >= 11 is 0. The van der Waals surface area contributed by atoms with Crippen molar-refractivity contribution in [1.82, 2.24) is 5.43 Å². The zero-order valence-electron chi connectivity index (χ0n) is 10.9. The minimum atomic E-state index is -0.132. The number of nitrogens with two attached hydrogens (primary N) is 1. The average molecular weight is 252 g/mol. The molecule has 0 heterocycles. The maximum atomic E-state index is 11.0. The summed E-state index contributed by atoms with van der Waals surface area (Å²) in [6, 6.07) is 5.72. The number of hydrogen-bond acceptors (Lipinski definition) is 4. The third-order valence-corrected chi connectivity index (χ3v) is 2.75. The summed E-state index contributed by atoms with van der Waals surface area (Å²) in [7, 11) is 3.28. The highest BCUT2D eigenvalue weighted by Gasteiger charge is 2.05. The number of hydrazine groups is 1. The lowest BCUT2D eigenvalue weighted by molar-refractivity contribution is -0.121. The van der Waals surface area contributed by atoms with Gasteiger partial charge in [0.05, 0.1) is 14.2 Å². The Bertz CT molecular complexity index is 394. The lowest BCUT2D eigenvalue weighted by Crippen LogP contribution is -2.29. The van der Waals surface area contributed by atoms with E-state index in [0.29, 0.717) is 6.42 Å². The van der Waals surface area contributed by atoms with Crippen molar-refractivity contribution in [1.29, 1.82) is 0 Å². The predicted octanol–water partition coefficient (Wildman–Crippen LogP) is 1.41. The summed E-state index contributed by atoms with van der Waals surface area (Å²) in [6.45, 7) is 0. The zero-order chi connectivity index (χ0) is 13.4. The number of ether oxygens (including phenoxy) is 2. The van der Waals surface area contributed by atoms with E-state index < -0.39 is 0 Å². The molecule has 0 aliphatic rings. The first-order valence-electron chi connectivity index (χ1n) is 5.91. The van der Waals surface area contributed by atoms with Crippen LogP contribution in [0.5, 0.6) is 11.5 Å². The van der Waals surface area contributed by atoms with Gasteiger partial charge in [-0.05, 0) is 43.0 Å². The van der Waals surface area contributed by atoms with Gasteiger partial charge in [-0.25, -0.2) is 5.84 Å². The second-order valence-corrected chi connectivity index (χ2v) is 3.95. The molecule has 1 rings (SSSR count). The number of hydrogen-bond donors (Lipinski definition) is 2. The third kappa shape index (κ3) is 4.25. The SMILES string of the molecule is COc1ccc(OC)c(CCCCC(=O)NN)c1. The number of aryl methyl sites for hydroxylation is 1. The summed E-state index contributed by atoms with van der Waals surface area (Å²) in [4.78, 5) is 11.0. The Morgan fingerprint density at radius 2 is 2.06 bits per heavy atom. The highest BCUT2D eigenvalue weighted by molar-refractivity contribution is 5.75. The average Bonchev–Trinajstić information content (AvgIpc) is 2.42. The molecule has 0 saturated heterocycles. The molecule has 5 heteroatoms. The fraction of sp³-hybridized carbons (Fsp3) is 0.462. The molecule has 0 spiro atoms. The van der Waals surface area contributed by atoms with Crippen molar-refractivity contribution in [2.45, 2.75) is 25.7 Å². The van der Waals surface area contributed by atoms with Gasteiger partial charge in [0.15, 0.2) is 0 Å². The van der Waals surface area contributed by atoms with Crippen molar-refractivity contribution >= 4 is 5.91 Å². The molecule has 0 radical (unpaired) electrons. The fourth-order valence-electron chi connectivity index (χ4n) is 1.75. The molecule has 5 nitrogen and oxygen atoms in total. The Morgan fingerprint density at radius 1 is 1.28 bits per heavy atom. The molecule has 0 aliphatic heterocycles. The summed E-state index contributed by atoms with van der Waals surface area (Å²) in [5.41, 5.74) is 3.21. The van der Waals surface area contributed by atoms with Crippen molar-refractivity contribution in [2.75, 3.05) is 14.2 Å². The monoisotopic (exact) mass is 252 g/mol. The summed E-state index contributed by atoms with van der Waals surface area (Å²) < 4.78 is 10.5. The van der Waals surface area contributed by atoms with E-state index in [0.717, 1.165) is 36.3 Å². The molecule has 18 heavy (non-hydrogen) atoms. The van der Waals surface area contributed by atoms with E-state index in [1.807, 2.05) is 18.2 Å². The largest absolute Gasteiger partial charge is 0.497 e. The van der Waals surface area contributed by atoms with E-state index in [2.05, 4.69) is 5.43 Å². The van der Waals surface area contributed by atoms with Gasteiger partial charge in [-0.2, -0.15) is 0 Å². The van der Waals surface area contributed by atoms with E-state index in [4.69, 9.17) is 15.3 Å². The van der Waals surface area contributed by atoms with Crippen LogP contribution in [0.4, 0.5) is 0 Å². The van der Waals surface area contributed by atoms with Gasteiger partial charge >= 0.3 is 0 Å². The van der Waals surface area contributed by atoms with E-state index in [-0.39, 0.29) is 5.91 Å². The van der Waals surface area contributed by atoms with Gasteiger partial charge in [0.1, 0.15) is 11.5 Å². The van der Waals surface area contributed by atoms with Crippen molar-refractivity contribution in [3.05, 3.63) is 23.8 Å². The predicted molar refractivity (Wildman–Crippen MR) is 69.4 cm³/mol. The molecule has 0 atom stereocenters. The maximum absolute atomic E-state index is 11.0. The van der Waals surface area contributed by atoms with Crippen LogP contribution < -0.4 is 20.7 Å². The van der Waals surface area contributed by atoms with Crippen LogP contribution in [0, 0.1) is 0 Å². The Hall–Kier alpha value is -1.75. The lowest BCUT2D eigenvalue weighted by atomic mass is 10.1. The van der Waals surface area contributed by atoms with Gasteiger partial charge in [-0.1, -0.05) is 0 Å². The third-order valence-electron chi connectivity index (χ3n) is 2.75. The van der Waals surface area contributed by atoms with Gasteiger partial charge in [0, 0.05) is 6.42 Å². The zero-order valence-corrected chi connectivity index (χ0v) is 10.9. The van der Waals surface area contributed by atoms with Crippen molar-refractivity contribution in [3.8, 4) is 11.5 Å². The number of methoxy groups -OCH3 is 2. The molecule has 0 saturated carbocycles. The number of benzene rings is 1. The number of carbonyl (C=O) groups excluding carboxylic acids is 1. The highest BCUT2D eigenvalue weighted by atomic mass is 16.5. The molecule has 0 bridgehead atoms. The molecule has 3 N–H and O–H groups in total. The molecule has 0 aromatic heterocycles. The van der Waals surface area contributed by atoms with Crippen molar-refractivity contribution < 1.29 is 14.3 Å². The smallest absolute Gasteiger partial charge is 0.233 e. The normalized spacial score (nSPS) is 9.94. The lowest BCUT2D eigenvalue weighted by Gasteiger charge is -2.10. The number of carbonyl (C=O) groups is 1. The fourth-order valence-corrected chi connectivity index (χ4v) is 1.75. The Morgan fingerprint density at radius 3 is 2.67 bits per heavy atom. The van der Waals surface area contributed by atoms with Gasteiger partial charge < -0.3 is 9.47 Å². The molecular formula is C13H20N2O3. The summed E-state index contributed by atoms with van der Waals surface area (Å²) in [6.07, 6.45) is 2.99. The van der Waals surface area contributed by atoms with Crippen molar-refractivity contribution in [2.24, 2.45) is 5.84 Å². The molecule has 1 aromatic rings. The molecule has 100 valence electrons. The first-order chi connectivity index (χ1) is 8.71. The van der Waals surface area contributed by atoms with Crippen LogP contribution in [0.15, 0.2) is 18.2 Å². The van der Waals surface area contributed by atoms with Crippen LogP contribution in [-0.4, -0.2) is 20.1 Å². The first kappa shape index (κ1) is 14.3. The molecule has 1 aromatic carbocycles. The minimum absolute atomic E-state index is 0.132. The standard InChI is InChI=1S/C13H20N2O3/c1-17-11-7-8-12(18-2)10(9-11)5-3-4-6-13(16)15-14/h7-9H,3-6,14H2,1-2H3,(H,15,16). The molecular weight excluding hydrogens is 232 g/mol. The van der Waals surface area contributed by atoms with Gasteiger partial charge in [-0.3, -0.25) is 10.2 Å². The Labute approximate surface area is 107 Å². The van der Waals surface area contributed by atoms with E-state index in [1.54, 1.807) is 14.2 Å². The van der Waals surface area contributed by atoms with Gasteiger partial charge in [-0.15, -0.1) is 0 Å². The maximum Gasteiger partial charge on any atom is 0.233 e. The molecule has 0 fully saturated rings. The van der Waals surface area contributed by atoms with Crippen LogP contribution in [0.3, 0.4) is 0 Å². The number of rotatable bonds is 7. The number of amides is 1. The van der Waals surface area contributed by atoms with E-state index >= 15 is 0 Å². The van der Waals surface area contributed by atoms with Crippen LogP contribution >= 0.6 is 0 Å². The van der Waals surface area contributed by atoms with Crippen molar-refractivity contribution in [3.63, 3.8) is 0 Å². The number of unbranched alkanes of at least 4 members (excludes halogenated alkanes) is 1. The van der Waals surface area contributed by atoms with E-state index in [1.165, 1.54) is 0 Å². The highest BCUT2D eigenvalue weighted by Crippen LogP contribution is 2.25. The number of nitrogens with one attached hydrogen (secondary N) is 1. The van der Waals surface area contributed by atoms with Gasteiger partial charge in [0.25, 0.3) is 0 Å². The quantitative estimate of drug-likeness (QED) is 0.333.